The lowest BCUT2D eigenvalue weighted by atomic mass is 9.79. The van der Waals surface area contributed by atoms with E-state index < -0.39 is 55.9 Å². The van der Waals surface area contributed by atoms with Gasteiger partial charge in [0.05, 0.1) is 29.5 Å². The van der Waals surface area contributed by atoms with Crippen LogP contribution in [0.4, 0.5) is 26.2 Å². The van der Waals surface area contributed by atoms with Crippen LogP contribution in [0.5, 0.6) is 0 Å². The molecule has 2 aromatic rings. The van der Waals surface area contributed by atoms with Gasteiger partial charge < -0.3 is 14.4 Å². The van der Waals surface area contributed by atoms with Crippen LogP contribution in [0.2, 0.25) is 0 Å². The SMILES string of the molecule is CCOC(=O)Nc1cc([N+](=O)[O-])ccc1S(=O)(=O)Nc1cc2c(cc1F)COB2O. The van der Waals surface area contributed by atoms with Crippen molar-refractivity contribution in [3.05, 3.63) is 51.8 Å². The number of sulfonamides is 1. The normalized spacial score (nSPS) is 13.0. The molecular weight excluding hydrogens is 424 g/mol. The number of nitrogens with one attached hydrogen (secondary N) is 2. The second-order valence-corrected chi connectivity index (χ2v) is 7.73. The minimum atomic E-state index is -4.51. The number of benzene rings is 2. The van der Waals surface area contributed by atoms with Crippen LogP contribution in [0.25, 0.3) is 0 Å². The second kappa shape index (κ2) is 8.26. The van der Waals surface area contributed by atoms with E-state index in [1.54, 1.807) is 0 Å². The molecule has 1 aliphatic rings. The summed E-state index contributed by atoms with van der Waals surface area (Å²) in [6, 6.07) is 4.76. The first-order valence-electron chi connectivity index (χ1n) is 8.49. The van der Waals surface area contributed by atoms with Gasteiger partial charge in [-0.05, 0) is 36.1 Å². The van der Waals surface area contributed by atoms with Crippen LogP contribution in [-0.4, -0.2) is 38.2 Å². The number of nitro groups is 1. The van der Waals surface area contributed by atoms with Crippen LogP contribution in [-0.2, 0) is 26.0 Å². The van der Waals surface area contributed by atoms with E-state index in [9.17, 15) is 32.7 Å². The first-order chi connectivity index (χ1) is 14.1. The zero-order chi connectivity index (χ0) is 22.1. The van der Waals surface area contributed by atoms with E-state index in [4.69, 9.17) is 4.65 Å². The van der Waals surface area contributed by atoms with E-state index in [0.29, 0.717) is 5.56 Å². The first kappa shape index (κ1) is 21.5. The molecule has 0 bridgehead atoms. The number of ether oxygens (including phenoxy) is 1. The Hall–Kier alpha value is -3.23. The maximum absolute atomic E-state index is 14.4. The average Bonchev–Trinajstić information content (AvgIpc) is 3.01. The third-order valence-electron chi connectivity index (χ3n) is 4.11. The third kappa shape index (κ3) is 4.34. The summed E-state index contributed by atoms with van der Waals surface area (Å²) in [6.45, 7) is 1.46. The Bertz CT molecular complexity index is 1130. The Balaban J connectivity index is 2.00. The number of halogens is 1. The maximum atomic E-state index is 14.4. The molecular formula is C16H15BFN3O8S. The highest BCUT2D eigenvalue weighted by molar-refractivity contribution is 7.92. The lowest BCUT2D eigenvalue weighted by Crippen LogP contribution is -2.29. The molecule has 2 aromatic carbocycles. The number of carbonyl (C=O) groups is 1. The van der Waals surface area contributed by atoms with Gasteiger partial charge in [0.25, 0.3) is 15.7 Å². The molecule has 1 amide bonds. The molecule has 0 aromatic heterocycles. The van der Waals surface area contributed by atoms with Crippen molar-refractivity contribution in [3.63, 3.8) is 0 Å². The summed E-state index contributed by atoms with van der Waals surface area (Å²) in [5.74, 6) is -0.920. The lowest BCUT2D eigenvalue weighted by Gasteiger charge is -2.14. The summed E-state index contributed by atoms with van der Waals surface area (Å²) in [5, 5.41) is 22.9. The fraction of sp³-hybridized carbons (Fsp3) is 0.188. The van der Waals surface area contributed by atoms with Gasteiger partial charge in [-0.1, -0.05) is 0 Å². The molecule has 11 nitrogen and oxygen atoms in total. The van der Waals surface area contributed by atoms with Crippen molar-refractivity contribution >= 4 is 45.8 Å². The van der Waals surface area contributed by atoms with Gasteiger partial charge >= 0.3 is 13.2 Å². The van der Waals surface area contributed by atoms with Gasteiger partial charge in [0.15, 0.2) is 0 Å². The summed E-state index contributed by atoms with van der Waals surface area (Å²) in [7, 11) is -5.84. The molecule has 1 aliphatic heterocycles. The highest BCUT2D eigenvalue weighted by atomic mass is 32.2. The number of nitro benzene ring substituents is 1. The number of fused-ring (bicyclic) bond motifs is 1. The fourth-order valence-corrected chi connectivity index (χ4v) is 3.97. The highest BCUT2D eigenvalue weighted by Crippen LogP contribution is 2.29. The van der Waals surface area contributed by atoms with Crippen molar-refractivity contribution in [2.24, 2.45) is 0 Å². The molecule has 1 heterocycles. The summed E-state index contributed by atoms with van der Waals surface area (Å²) in [4.78, 5) is 21.4. The molecule has 0 spiro atoms. The van der Waals surface area contributed by atoms with E-state index in [1.807, 2.05) is 4.72 Å². The maximum Gasteiger partial charge on any atom is 0.491 e. The summed E-state index contributed by atoms with van der Waals surface area (Å²) >= 11 is 0. The van der Waals surface area contributed by atoms with Crippen LogP contribution in [0.15, 0.2) is 35.2 Å². The van der Waals surface area contributed by atoms with Crippen molar-refractivity contribution in [2.45, 2.75) is 18.4 Å². The Morgan fingerprint density at radius 3 is 2.77 bits per heavy atom. The van der Waals surface area contributed by atoms with E-state index in [2.05, 4.69) is 10.1 Å². The first-order valence-corrected chi connectivity index (χ1v) is 9.97. The fourth-order valence-electron chi connectivity index (χ4n) is 2.76. The predicted octanol–water partition coefficient (Wildman–Crippen LogP) is 1.32. The highest BCUT2D eigenvalue weighted by Gasteiger charge is 2.30. The Labute approximate surface area is 170 Å². The van der Waals surface area contributed by atoms with Crippen molar-refractivity contribution in [3.8, 4) is 0 Å². The van der Waals surface area contributed by atoms with Crippen molar-refractivity contribution in [2.75, 3.05) is 16.6 Å². The molecule has 0 atom stereocenters. The average molecular weight is 439 g/mol. The minimum absolute atomic E-state index is 0.0220. The standard InChI is InChI=1S/C16H15BFN3O8S/c1-2-28-16(22)19-14-6-10(21(24)25)3-4-15(14)30(26,27)20-13-7-11-9(5-12(13)18)8-29-17(11)23/h3-7,20,23H,2,8H2,1H3,(H,19,22). The smallest absolute Gasteiger partial charge is 0.450 e. The summed E-state index contributed by atoms with van der Waals surface area (Å²) in [6.07, 6.45) is -1.03. The van der Waals surface area contributed by atoms with Gasteiger partial charge in [0.2, 0.25) is 0 Å². The van der Waals surface area contributed by atoms with E-state index in [1.165, 1.54) is 6.92 Å². The molecule has 0 unspecified atom stereocenters. The molecule has 0 aliphatic carbocycles. The van der Waals surface area contributed by atoms with Crippen LogP contribution in [0.1, 0.15) is 12.5 Å². The van der Waals surface area contributed by atoms with Gasteiger partial charge in [0, 0.05) is 12.1 Å². The number of rotatable bonds is 6. The number of hydrogen-bond donors (Lipinski definition) is 3. The number of non-ortho nitro benzene ring substituents is 1. The molecule has 158 valence electrons. The molecule has 30 heavy (non-hydrogen) atoms. The zero-order valence-electron chi connectivity index (χ0n) is 15.4. The molecule has 14 heteroatoms. The zero-order valence-corrected chi connectivity index (χ0v) is 16.2. The van der Waals surface area contributed by atoms with E-state index in [0.717, 1.165) is 30.3 Å². The number of anilines is 2. The Morgan fingerprint density at radius 1 is 1.37 bits per heavy atom. The molecule has 3 N–H and O–H groups in total. The molecule has 0 radical (unpaired) electrons. The van der Waals surface area contributed by atoms with E-state index >= 15 is 0 Å². The van der Waals surface area contributed by atoms with Crippen LogP contribution in [0.3, 0.4) is 0 Å². The predicted molar refractivity (Wildman–Crippen MR) is 103 cm³/mol. The van der Waals surface area contributed by atoms with Crippen molar-refractivity contribution in [1.82, 2.24) is 0 Å². The Kier molecular flexibility index (Phi) is 5.91. The van der Waals surface area contributed by atoms with Crippen LogP contribution < -0.4 is 15.5 Å². The summed E-state index contributed by atoms with van der Waals surface area (Å²) in [5.41, 5.74) is -0.825. The van der Waals surface area contributed by atoms with Gasteiger partial charge in [-0.15, -0.1) is 0 Å². The molecule has 0 saturated carbocycles. The number of carbonyl (C=O) groups excluding carboxylic acids is 1. The van der Waals surface area contributed by atoms with Gasteiger partial charge in [-0.25, -0.2) is 17.6 Å². The minimum Gasteiger partial charge on any atom is -0.450 e. The monoisotopic (exact) mass is 439 g/mol. The Morgan fingerprint density at radius 2 is 2.10 bits per heavy atom. The largest absolute Gasteiger partial charge is 0.491 e. The molecule has 0 saturated heterocycles. The third-order valence-corrected chi connectivity index (χ3v) is 5.54. The van der Waals surface area contributed by atoms with Gasteiger partial charge in [-0.3, -0.25) is 20.2 Å². The number of nitrogens with zero attached hydrogens (tertiary/aromatic N) is 1. The van der Waals surface area contributed by atoms with Gasteiger partial charge in [-0.2, -0.15) is 0 Å². The summed E-state index contributed by atoms with van der Waals surface area (Å²) < 4.78 is 51.7. The van der Waals surface area contributed by atoms with Crippen molar-refractivity contribution in [1.29, 1.82) is 0 Å². The number of hydrogen-bond acceptors (Lipinski definition) is 8. The van der Waals surface area contributed by atoms with Crippen LogP contribution in [0, 0.1) is 15.9 Å². The molecule has 0 fully saturated rings. The van der Waals surface area contributed by atoms with Crippen molar-refractivity contribution < 1.29 is 36.9 Å². The number of amides is 1. The lowest BCUT2D eigenvalue weighted by molar-refractivity contribution is -0.384. The van der Waals surface area contributed by atoms with Gasteiger partial charge in [0.1, 0.15) is 10.7 Å². The molecule has 3 rings (SSSR count). The topological polar surface area (TPSA) is 157 Å². The van der Waals surface area contributed by atoms with Crippen LogP contribution >= 0.6 is 0 Å². The quantitative estimate of drug-likeness (QED) is 0.346. The second-order valence-electron chi connectivity index (χ2n) is 6.08. The van der Waals surface area contributed by atoms with E-state index in [-0.39, 0.29) is 18.7 Å².